The number of aromatic nitrogens is 2. The molecular weight excluding hydrogens is 354 g/mol. The maximum Gasteiger partial charge on any atom is 0.459 e. The van der Waals surface area contributed by atoms with E-state index in [0.29, 0.717) is 0 Å². The average Bonchev–Trinajstić information content (AvgIpc) is 2.66. The first-order valence-corrected chi connectivity index (χ1v) is 6.75. The number of nitrogens with zero attached hydrogens (tertiary/aromatic N) is 2. The summed E-state index contributed by atoms with van der Waals surface area (Å²) in [7, 11) is -5.26. The van der Waals surface area contributed by atoms with E-state index in [0.717, 1.165) is 6.92 Å². The molecule has 0 unspecified atom stereocenters. The minimum absolute atomic E-state index is 0.173. The topological polar surface area (TPSA) is 78.0 Å². The molecule has 0 aliphatic heterocycles. The zero-order valence-corrected chi connectivity index (χ0v) is 11.2. The van der Waals surface area contributed by atoms with Gasteiger partial charge in [-0.25, -0.2) is 13.6 Å². The Hall–Kier alpha value is -1.44. The number of nitrogens with two attached hydrogens (primary N) is 1. The van der Waals surface area contributed by atoms with E-state index in [4.69, 9.17) is 0 Å². The number of sulfonamides is 1. The standard InChI is InChI=1S/C8H7F8N3O2S/c1-2-19-5(22(17,20)21)3(7(11,12)13)4(18-19)6(9,10)8(14,15)16/h2H2,1H3,(H2,17,20,21). The van der Waals surface area contributed by atoms with Gasteiger partial charge in [0.2, 0.25) is 0 Å². The van der Waals surface area contributed by atoms with E-state index in [-0.39, 0.29) is 4.68 Å². The molecule has 0 amide bonds. The van der Waals surface area contributed by atoms with Crippen LogP contribution >= 0.6 is 0 Å². The van der Waals surface area contributed by atoms with Gasteiger partial charge in [0, 0.05) is 6.54 Å². The second-order valence-corrected chi connectivity index (χ2v) is 5.44. The van der Waals surface area contributed by atoms with Crippen LogP contribution in [0.25, 0.3) is 0 Å². The molecule has 1 aromatic rings. The van der Waals surface area contributed by atoms with Crippen molar-refractivity contribution < 1.29 is 43.5 Å². The summed E-state index contributed by atoms with van der Waals surface area (Å²) >= 11 is 0. The maximum atomic E-state index is 13.2. The minimum atomic E-state index is -6.41. The highest BCUT2D eigenvalue weighted by atomic mass is 32.2. The highest BCUT2D eigenvalue weighted by Gasteiger charge is 2.64. The smallest absolute Gasteiger partial charge is 0.252 e. The van der Waals surface area contributed by atoms with Crippen LogP contribution in [0.4, 0.5) is 35.1 Å². The van der Waals surface area contributed by atoms with Gasteiger partial charge in [-0.2, -0.15) is 40.2 Å². The number of aryl methyl sites for hydroxylation is 1. The van der Waals surface area contributed by atoms with E-state index < -0.39 is 51.1 Å². The first-order valence-electron chi connectivity index (χ1n) is 5.21. The van der Waals surface area contributed by atoms with E-state index in [1.807, 2.05) is 0 Å². The van der Waals surface area contributed by atoms with Crippen LogP contribution in [0.1, 0.15) is 18.2 Å². The van der Waals surface area contributed by atoms with Crippen molar-refractivity contribution in [3.05, 3.63) is 11.3 Å². The van der Waals surface area contributed by atoms with Crippen molar-refractivity contribution in [2.24, 2.45) is 5.14 Å². The molecule has 0 spiro atoms. The van der Waals surface area contributed by atoms with Crippen molar-refractivity contribution in [1.82, 2.24) is 9.78 Å². The SMILES string of the molecule is CCn1nc(C(F)(F)C(F)(F)F)c(C(F)(F)F)c1S(N)(=O)=O. The van der Waals surface area contributed by atoms with Gasteiger partial charge < -0.3 is 0 Å². The summed E-state index contributed by atoms with van der Waals surface area (Å²) in [4.78, 5) is 0. The lowest BCUT2D eigenvalue weighted by Crippen LogP contribution is -2.36. The Morgan fingerprint density at radius 2 is 1.55 bits per heavy atom. The Labute approximate surface area is 117 Å². The Kier molecular flexibility index (Phi) is 4.26. The van der Waals surface area contributed by atoms with Crippen molar-refractivity contribution in [3.8, 4) is 0 Å². The summed E-state index contributed by atoms with van der Waals surface area (Å²) in [5, 5.41) is 4.99. The number of halogens is 8. The predicted molar refractivity (Wildman–Crippen MR) is 54.2 cm³/mol. The number of hydrogen-bond donors (Lipinski definition) is 1. The summed E-state index contributed by atoms with van der Waals surface area (Å²) in [6.07, 6.45) is -12.3. The molecule has 1 heterocycles. The number of hydrogen-bond acceptors (Lipinski definition) is 3. The summed E-state index contributed by atoms with van der Waals surface area (Å²) < 4.78 is 124. The molecule has 14 heteroatoms. The normalized spacial score (nSPS) is 14.5. The molecule has 2 N–H and O–H groups in total. The molecule has 0 aliphatic rings. The molecule has 22 heavy (non-hydrogen) atoms. The summed E-state index contributed by atoms with van der Waals surface area (Å²) in [5.74, 6) is -6.02. The lowest BCUT2D eigenvalue weighted by molar-refractivity contribution is -0.292. The Morgan fingerprint density at radius 1 is 1.09 bits per heavy atom. The number of rotatable bonds is 3. The highest BCUT2D eigenvalue weighted by molar-refractivity contribution is 7.89. The van der Waals surface area contributed by atoms with Crippen molar-refractivity contribution in [2.75, 3.05) is 0 Å². The lowest BCUT2D eigenvalue weighted by Gasteiger charge is -2.19. The van der Waals surface area contributed by atoms with Crippen molar-refractivity contribution in [3.63, 3.8) is 0 Å². The molecular formula is C8H7F8N3O2S. The second kappa shape index (κ2) is 5.04. The largest absolute Gasteiger partial charge is 0.459 e. The molecule has 0 saturated carbocycles. The fourth-order valence-corrected chi connectivity index (χ4v) is 2.52. The van der Waals surface area contributed by atoms with Gasteiger partial charge in [0.1, 0.15) is 5.56 Å². The average molecular weight is 361 g/mol. The van der Waals surface area contributed by atoms with E-state index in [9.17, 15) is 43.5 Å². The second-order valence-electron chi connectivity index (χ2n) is 3.96. The molecule has 0 bridgehead atoms. The van der Waals surface area contributed by atoms with Gasteiger partial charge in [-0.05, 0) is 6.92 Å². The third-order valence-corrected chi connectivity index (χ3v) is 3.37. The molecule has 1 aromatic heterocycles. The van der Waals surface area contributed by atoms with E-state index in [2.05, 4.69) is 10.2 Å². The van der Waals surface area contributed by atoms with Gasteiger partial charge >= 0.3 is 18.3 Å². The van der Waals surface area contributed by atoms with Crippen LogP contribution in [-0.2, 0) is 28.7 Å². The Bertz CT molecular complexity index is 673. The van der Waals surface area contributed by atoms with Gasteiger partial charge in [-0.3, -0.25) is 4.68 Å². The van der Waals surface area contributed by atoms with Gasteiger partial charge in [-0.15, -0.1) is 0 Å². The molecule has 1 rings (SSSR count). The molecule has 5 nitrogen and oxygen atoms in total. The third kappa shape index (κ3) is 3.02. The lowest BCUT2D eigenvalue weighted by atomic mass is 10.1. The highest BCUT2D eigenvalue weighted by Crippen LogP contribution is 2.49. The van der Waals surface area contributed by atoms with Crippen LogP contribution in [0.3, 0.4) is 0 Å². The van der Waals surface area contributed by atoms with Crippen LogP contribution in [0.2, 0.25) is 0 Å². The molecule has 128 valence electrons. The fourth-order valence-electron chi connectivity index (χ4n) is 1.56. The third-order valence-electron chi connectivity index (χ3n) is 2.41. The quantitative estimate of drug-likeness (QED) is 0.839. The molecule has 0 atom stereocenters. The van der Waals surface area contributed by atoms with Crippen LogP contribution in [0, 0.1) is 0 Å². The number of primary sulfonamides is 1. The molecule has 0 radical (unpaired) electrons. The zero-order chi connectivity index (χ0) is 17.7. The van der Waals surface area contributed by atoms with Crippen LogP contribution < -0.4 is 5.14 Å². The Balaban J connectivity index is 3.95. The van der Waals surface area contributed by atoms with Crippen molar-refractivity contribution in [1.29, 1.82) is 0 Å². The van der Waals surface area contributed by atoms with E-state index >= 15 is 0 Å². The summed E-state index contributed by atoms with van der Waals surface area (Å²) in [6.45, 7) is 0.250. The summed E-state index contributed by atoms with van der Waals surface area (Å²) in [6, 6.07) is 0. The Morgan fingerprint density at radius 3 is 1.82 bits per heavy atom. The van der Waals surface area contributed by atoms with Crippen molar-refractivity contribution in [2.45, 2.75) is 36.8 Å². The molecule has 0 fully saturated rings. The zero-order valence-electron chi connectivity index (χ0n) is 10.4. The van der Waals surface area contributed by atoms with Gasteiger partial charge in [0.15, 0.2) is 10.7 Å². The fraction of sp³-hybridized carbons (Fsp3) is 0.625. The van der Waals surface area contributed by atoms with E-state index in [1.165, 1.54) is 0 Å². The predicted octanol–water partition coefficient (Wildman–Crippen LogP) is 2.22. The molecule has 0 saturated heterocycles. The molecule has 0 aliphatic carbocycles. The van der Waals surface area contributed by atoms with Gasteiger partial charge in [0.25, 0.3) is 10.0 Å². The summed E-state index contributed by atoms with van der Waals surface area (Å²) in [5.41, 5.74) is -5.50. The first-order chi connectivity index (χ1) is 9.55. The van der Waals surface area contributed by atoms with Crippen molar-refractivity contribution >= 4 is 10.0 Å². The van der Waals surface area contributed by atoms with E-state index in [1.54, 1.807) is 0 Å². The van der Waals surface area contributed by atoms with Crippen LogP contribution in [-0.4, -0.2) is 24.4 Å². The first kappa shape index (κ1) is 18.6. The minimum Gasteiger partial charge on any atom is -0.252 e. The molecule has 0 aromatic carbocycles. The van der Waals surface area contributed by atoms with Gasteiger partial charge in [-0.1, -0.05) is 0 Å². The maximum absolute atomic E-state index is 13.2. The van der Waals surface area contributed by atoms with Crippen LogP contribution in [0.5, 0.6) is 0 Å². The van der Waals surface area contributed by atoms with Gasteiger partial charge in [0.05, 0.1) is 0 Å². The monoisotopic (exact) mass is 361 g/mol. The number of alkyl halides is 8. The van der Waals surface area contributed by atoms with Crippen LogP contribution in [0.15, 0.2) is 5.03 Å².